The molecule has 3 rings (SSSR count). The summed E-state index contributed by atoms with van der Waals surface area (Å²) < 4.78 is 0. The highest BCUT2D eigenvalue weighted by atomic mass is 35.5. The summed E-state index contributed by atoms with van der Waals surface area (Å²) in [5, 5.41) is 4.51. The Kier molecular flexibility index (Phi) is 8.03. The number of piperidine rings is 1. The van der Waals surface area contributed by atoms with Gasteiger partial charge in [-0.15, -0.1) is 11.3 Å². The van der Waals surface area contributed by atoms with E-state index in [0.717, 1.165) is 30.9 Å². The van der Waals surface area contributed by atoms with Crippen LogP contribution in [-0.4, -0.2) is 36.5 Å². The van der Waals surface area contributed by atoms with Gasteiger partial charge < -0.3 is 10.2 Å². The molecule has 0 radical (unpaired) electrons. The van der Waals surface area contributed by atoms with Crippen LogP contribution in [0.5, 0.6) is 0 Å². The van der Waals surface area contributed by atoms with Crippen molar-refractivity contribution in [2.45, 2.75) is 46.1 Å². The molecule has 0 spiro atoms. The third-order valence-electron chi connectivity index (χ3n) is 5.76. The van der Waals surface area contributed by atoms with Gasteiger partial charge in [0.05, 0.1) is 14.9 Å². The molecule has 2 heterocycles. The second kappa shape index (κ2) is 10.3. The van der Waals surface area contributed by atoms with Gasteiger partial charge in [-0.3, -0.25) is 4.79 Å². The number of nitrogens with one attached hydrogen (secondary N) is 1. The number of benzene rings is 1. The fraction of sp³-hybridized carbons (Fsp3) is 0.522. The molecule has 3 nitrogen and oxygen atoms in total. The Bertz CT molecular complexity index is 828. The van der Waals surface area contributed by atoms with E-state index in [2.05, 4.69) is 30.1 Å². The molecule has 2 aromatic rings. The van der Waals surface area contributed by atoms with Crippen molar-refractivity contribution in [1.82, 2.24) is 10.2 Å². The maximum absolute atomic E-state index is 12.6. The zero-order valence-electron chi connectivity index (χ0n) is 17.4. The summed E-state index contributed by atoms with van der Waals surface area (Å²) in [4.78, 5) is 17.0. The molecule has 1 aliphatic heterocycles. The van der Waals surface area contributed by atoms with Gasteiger partial charge in [0, 0.05) is 17.5 Å². The number of amides is 1. The van der Waals surface area contributed by atoms with Gasteiger partial charge in [0.2, 0.25) is 0 Å². The monoisotopic (exact) mass is 452 g/mol. The molecule has 1 aromatic carbocycles. The van der Waals surface area contributed by atoms with Gasteiger partial charge in [-0.1, -0.05) is 43.1 Å². The average molecular weight is 453 g/mol. The first kappa shape index (κ1) is 22.6. The van der Waals surface area contributed by atoms with Crippen LogP contribution in [0.15, 0.2) is 30.3 Å². The van der Waals surface area contributed by atoms with Gasteiger partial charge in [-0.25, -0.2) is 0 Å². The summed E-state index contributed by atoms with van der Waals surface area (Å²) in [6.07, 6.45) is 3.39. The van der Waals surface area contributed by atoms with E-state index in [1.165, 1.54) is 23.3 Å². The van der Waals surface area contributed by atoms with E-state index in [4.69, 9.17) is 23.2 Å². The zero-order valence-corrected chi connectivity index (χ0v) is 19.7. The predicted molar refractivity (Wildman–Crippen MR) is 124 cm³/mol. The van der Waals surface area contributed by atoms with E-state index in [1.54, 1.807) is 11.3 Å². The van der Waals surface area contributed by atoms with E-state index in [0.29, 0.717) is 21.9 Å². The van der Waals surface area contributed by atoms with Crippen LogP contribution in [0.3, 0.4) is 0 Å². The molecule has 29 heavy (non-hydrogen) atoms. The molecular weight excluding hydrogens is 423 g/mol. The molecule has 1 saturated heterocycles. The fourth-order valence-corrected chi connectivity index (χ4v) is 4.96. The largest absolute Gasteiger partial charge is 0.347 e. The highest BCUT2D eigenvalue weighted by Crippen LogP contribution is 2.27. The number of rotatable bonds is 7. The minimum Gasteiger partial charge on any atom is -0.347 e. The lowest BCUT2D eigenvalue weighted by atomic mass is 9.89. The fourth-order valence-electron chi connectivity index (χ4n) is 3.87. The lowest BCUT2D eigenvalue weighted by Crippen LogP contribution is -2.48. The first-order valence-electron chi connectivity index (χ1n) is 10.4. The summed E-state index contributed by atoms with van der Waals surface area (Å²) in [5.74, 6) is 1.12. The third kappa shape index (κ3) is 6.45. The molecular formula is C23H30Cl2N2OS. The summed E-state index contributed by atoms with van der Waals surface area (Å²) in [6.45, 7) is 9.45. The van der Waals surface area contributed by atoms with Gasteiger partial charge in [-0.05, 0) is 80.9 Å². The number of carbonyl (C=O) groups is 1. The first-order chi connectivity index (χ1) is 13.8. The van der Waals surface area contributed by atoms with E-state index < -0.39 is 0 Å². The van der Waals surface area contributed by atoms with Gasteiger partial charge in [-0.2, -0.15) is 0 Å². The lowest BCUT2D eigenvalue weighted by Gasteiger charge is -2.35. The van der Waals surface area contributed by atoms with Crippen molar-refractivity contribution in [2.75, 3.05) is 19.6 Å². The second-order valence-corrected chi connectivity index (χ2v) is 10.5. The van der Waals surface area contributed by atoms with E-state index in [1.807, 2.05) is 31.2 Å². The van der Waals surface area contributed by atoms with E-state index >= 15 is 0 Å². The quantitative estimate of drug-likeness (QED) is 0.552. The molecule has 158 valence electrons. The molecule has 0 saturated carbocycles. The summed E-state index contributed by atoms with van der Waals surface area (Å²) >= 11 is 13.7. The maximum Gasteiger partial charge on any atom is 0.261 e. The SMILES string of the molecule is Cc1ccc(C(=O)N[C@H](CN2CCC(Cc3ccc(Cl)c(Cl)c3)CC2)C(C)C)s1. The Hall–Kier alpha value is -1.07. The smallest absolute Gasteiger partial charge is 0.261 e. The number of hydrogen-bond acceptors (Lipinski definition) is 3. The predicted octanol–water partition coefficient (Wildman–Crippen LogP) is 6.07. The molecule has 1 fully saturated rings. The van der Waals surface area contributed by atoms with Crippen LogP contribution in [0.2, 0.25) is 10.0 Å². The van der Waals surface area contributed by atoms with Crippen molar-refractivity contribution in [2.24, 2.45) is 11.8 Å². The maximum atomic E-state index is 12.6. The third-order valence-corrected chi connectivity index (χ3v) is 7.49. The molecule has 1 amide bonds. The first-order valence-corrected chi connectivity index (χ1v) is 11.9. The van der Waals surface area contributed by atoms with Crippen molar-refractivity contribution in [3.8, 4) is 0 Å². The lowest BCUT2D eigenvalue weighted by molar-refractivity contribution is 0.0897. The van der Waals surface area contributed by atoms with E-state index in [9.17, 15) is 4.79 Å². The number of likely N-dealkylation sites (tertiary alicyclic amines) is 1. The Morgan fingerprint density at radius 1 is 1.17 bits per heavy atom. The number of hydrogen-bond donors (Lipinski definition) is 1. The minimum absolute atomic E-state index is 0.0521. The number of carbonyl (C=O) groups excluding carboxylic acids is 1. The highest BCUT2D eigenvalue weighted by molar-refractivity contribution is 7.13. The van der Waals surface area contributed by atoms with Crippen LogP contribution in [0.4, 0.5) is 0 Å². The second-order valence-electron chi connectivity index (χ2n) is 8.43. The Morgan fingerprint density at radius 3 is 2.48 bits per heavy atom. The molecule has 1 atom stereocenters. The van der Waals surface area contributed by atoms with Crippen LogP contribution < -0.4 is 5.32 Å². The molecule has 1 aliphatic rings. The minimum atomic E-state index is 0.0521. The zero-order chi connectivity index (χ0) is 21.0. The average Bonchev–Trinajstić information content (AvgIpc) is 3.12. The van der Waals surface area contributed by atoms with Gasteiger partial charge >= 0.3 is 0 Å². The number of aryl methyl sites for hydroxylation is 1. The van der Waals surface area contributed by atoms with Gasteiger partial charge in [0.15, 0.2) is 0 Å². The van der Waals surface area contributed by atoms with Crippen LogP contribution in [0.25, 0.3) is 0 Å². The van der Waals surface area contributed by atoms with Crippen LogP contribution in [0, 0.1) is 18.8 Å². The molecule has 1 aromatic heterocycles. The van der Waals surface area contributed by atoms with Crippen LogP contribution in [0.1, 0.15) is 46.8 Å². The van der Waals surface area contributed by atoms with E-state index in [-0.39, 0.29) is 11.9 Å². The highest BCUT2D eigenvalue weighted by Gasteiger charge is 2.25. The van der Waals surface area contributed by atoms with Gasteiger partial charge in [0.25, 0.3) is 5.91 Å². The summed E-state index contributed by atoms with van der Waals surface area (Å²) in [5.41, 5.74) is 1.26. The van der Waals surface area contributed by atoms with Crippen molar-refractivity contribution < 1.29 is 4.79 Å². The van der Waals surface area contributed by atoms with Crippen LogP contribution in [-0.2, 0) is 6.42 Å². The summed E-state index contributed by atoms with van der Waals surface area (Å²) in [7, 11) is 0. The Balaban J connectivity index is 1.49. The van der Waals surface area contributed by atoms with Crippen molar-refractivity contribution >= 4 is 40.4 Å². The normalized spacial score (nSPS) is 16.9. The van der Waals surface area contributed by atoms with Gasteiger partial charge in [0.1, 0.15) is 0 Å². The number of thiophene rings is 1. The molecule has 1 N–H and O–H groups in total. The molecule has 0 aliphatic carbocycles. The number of halogens is 2. The topological polar surface area (TPSA) is 32.3 Å². The van der Waals surface area contributed by atoms with Crippen LogP contribution >= 0.6 is 34.5 Å². The summed E-state index contributed by atoms with van der Waals surface area (Å²) in [6, 6.07) is 10.0. The Labute approximate surface area is 188 Å². The van der Waals surface area contributed by atoms with Crippen molar-refractivity contribution in [1.29, 1.82) is 0 Å². The molecule has 0 unspecified atom stereocenters. The standard InChI is InChI=1S/C23H30Cl2N2OS/c1-15(2)21(26-23(28)22-7-4-16(3)29-22)14-27-10-8-17(9-11-27)12-18-5-6-19(24)20(25)13-18/h4-7,13,15,17,21H,8-12,14H2,1-3H3,(H,26,28)/t21-/m1/s1. The number of nitrogens with zero attached hydrogens (tertiary/aromatic N) is 1. The Morgan fingerprint density at radius 2 is 1.90 bits per heavy atom. The van der Waals surface area contributed by atoms with Crippen molar-refractivity contribution in [3.05, 3.63) is 55.7 Å². The van der Waals surface area contributed by atoms with Crippen molar-refractivity contribution in [3.63, 3.8) is 0 Å². The molecule has 6 heteroatoms. The molecule has 0 bridgehead atoms.